The van der Waals surface area contributed by atoms with Crippen LogP contribution in [-0.4, -0.2) is 34.0 Å². The Morgan fingerprint density at radius 1 is 0.724 bits per heavy atom. The number of hydrogen-bond donors (Lipinski definition) is 0. The molecule has 0 unspecified atom stereocenters. The topological polar surface area (TPSA) is 62.1 Å². The maximum atomic E-state index is 5.46. The van der Waals surface area contributed by atoms with E-state index in [2.05, 4.69) is 5.10 Å². The SMILES string of the molecule is COc1ccc(-c2cc(-c3ccccc3)nc(-n3nc(C)cc3C)n2)cc1OC. The van der Waals surface area contributed by atoms with E-state index in [9.17, 15) is 0 Å². The molecule has 0 bridgehead atoms. The van der Waals surface area contributed by atoms with Gasteiger partial charge in [-0.3, -0.25) is 0 Å². The zero-order valence-corrected chi connectivity index (χ0v) is 16.9. The van der Waals surface area contributed by atoms with Gasteiger partial charge in [-0.25, -0.2) is 14.6 Å². The molecule has 6 nitrogen and oxygen atoms in total. The third-order valence-electron chi connectivity index (χ3n) is 4.66. The molecule has 4 rings (SSSR count). The first-order chi connectivity index (χ1) is 14.1. The molecule has 0 saturated carbocycles. The lowest BCUT2D eigenvalue weighted by Crippen LogP contribution is -2.07. The Bertz CT molecular complexity index is 1150. The lowest BCUT2D eigenvalue weighted by Gasteiger charge is -2.12. The number of benzene rings is 2. The van der Waals surface area contributed by atoms with Crippen LogP contribution in [-0.2, 0) is 0 Å². The molecule has 6 heteroatoms. The van der Waals surface area contributed by atoms with E-state index in [-0.39, 0.29) is 0 Å². The highest BCUT2D eigenvalue weighted by Gasteiger charge is 2.14. The van der Waals surface area contributed by atoms with E-state index in [0.29, 0.717) is 17.4 Å². The number of nitrogens with zero attached hydrogens (tertiary/aromatic N) is 4. The summed E-state index contributed by atoms with van der Waals surface area (Å²) in [5.74, 6) is 1.85. The summed E-state index contributed by atoms with van der Waals surface area (Å²) in [4.78, 5) is 9.58. The molecule has 0 aliphatic rings. The Labute approximate surface area is 169 Å². The minimum atomic E-state index is 0.529. The van der Waals surface area contributed by atoms with Gasteiger partial charge in [0.2, 0.25) is 0 Å². The summed E-state index contributed by atoms with van der Waals surface area (Å²) in [6.07, 6.45) is 0. The van der Waals surface area contributed by atoms with Crippen molar-refractivity contribution in [2.24, 2.45) is 0 Å². The number of methoxy groups -OCH3 is 2. The van der Waals surface area contributed by atoms with E-state index < -0.39 is 0 Å². The average Bonchev–Trinajstić information content (AvgIpc) is 3.11. The van der Waals surface area contributed by atoms with Gasteiger partial charge in [0.05, 0.1) is 31.3 Å². The molecule has 146 valence electrons. The minimum absolute atomic E-state index is 0.529. The first-order valence-electron chi connectivity index (χ1n) is 9.29. The van der Waals surface area contributed by atoms with E-state index in [0.717, 1.165) is 33.9 Å². The van der Waals surface area contributed by atoms with Gasteiger partial charge < -0.3 is 9.47 Å². The van der Waals surface area contributed by atoms with Crippen LogP contribution in [0.4, 0.5) is 0 Å². The predicted octanol–water partition coefficient (Wildman–Crippen LogP) is 4.63. The molecule has 2 heterocycles. The summed E-state index contributed by atoms with van der Waals surface area (Å²) in [5.41, 5.74) is 5.43. The standard InChI is InChI=1S/C23H22N4O2/c1-15-12-16(2)27(26-15)23-24-19(17-8-6-5-7-9-17)14-20(25-23)18-10-11-21(28-3)22(13-18)29-4/h5-14H,1-4H3. The van der Waals surface area contributed by atoms with Crippen LogP contribution in [0.2, 0.25) is 0 Å². The average molecular weight is 386 g/mol. The first-order valence-corrected chi connectivity index (χ1v) is 9.29. The fourth-order valence-corrected chi connectivity index (χ4v) is 3.26. The minimum Gasteiger partial charge on any atom is -0.493 e. The fourth-order valence-electron chi connectivity index (χ4n) is 3.26. The summed E-state index contributed by atoms with van der Waals surface area (Å²) in [6.45, 7) is 3.95. The zero-order chi connectivity index (χ0) is 20.4. The molecule has 0 N–H and O–H groups in total. The van der Waals surface area contributed by atoms with Gasteiger partial charge in [-0.1, -0.05) is 30.3 Å². The number of aromatic nitrogens is 4. The summed E-state index contributed by atoms with van der Waals surface area (Å²) in [5, 5.41) is 4.56. The van der Waals surface area contributed by atoms with Crippen LogP contribution in [0.25, 0.3) is 28.5 Å². The number of ether oxygens (including phenoxy) is 2. The van der Waals surface area contributed by atoms with Gasteiger partial charge in [-0.15, -0.1) is 0 Å². The summed E-state index contributed by atoms with van der Waals surface area (Å²) in [7, 11) is 3.25. The van der Waals surface area contributed by atoms with Gasteiger partial charge in [0.1, 0.15) is 0 Å². The lowest BCUT2D eigenvalue weighted by molar-refractivity contribution is 0.355. The Hall–Kier alpha value is -3.67. The quantitative estimate of drug-likeness (QED) is 0.500. The van der Waals surface area contributed by atoms with Crippen LogP contribution in [0, 0.1) is 13.8 Å². The van der Waals surface area contributed by atoms with Gasteiger partial charge >= 0.3 is 0 Å². The van der Waals surface area contributed by atoms with Crippen molar-refractivity contribution in [1.82, 2.24) is 19.7 Å². The smallest absolute Gasteiger partial charge is 0.251 e. The summed E-state index contributed by atoms with van der Waals surface area (Å²) < 4.78 is 12.6. The summed E-state index contributed by atoms with van der Waals surface area (Å²) >= 11 is 0. The third-order valence-corrected chi connectivity index (χ3v) is 4.66. The molecule has 29 heavy (non-hydrogen) atoms. The van der Waals surface area contributed by atoms with Gasteiger partial charge in [0.15, 0.2) is 11.5 Å². The van der Waals surface area contributed by atoms with Crippen molar-refractivity contribution in [3.8, 4) is 40.0 Å². The molecular weight excluding hydrogens is 364 g/mol. The fraction of sp³-hybridized carbons (Fsp3) is 0.174. The van der Waals surface area contributed by atoms with Gasteiger partial charge in [-0.05, 0) is 44.2 Å². The van der Waals surface area contributed by atoms with Crippen LogP contribution in [0.5, 0.6) is 11.5 Å². The van der Waals surface area contributed by atoms with Crippen LogP contribution in [0.15, 0.2) is 60.7 Å². The molecule has 2 aromatic carbocycles. The second kappa shape index (κ2) is 7.75. The Morgan fingerprint density at radius 2 is 1.41 bits per heavy atom. The van der Waals surface area contributed by atoms with Crippen molar-refractivity contribution >= 4 is 0 Å². The largest absolute Gasteiger partial charge is 0.493 e. The lowest BCUT2D eigenvalue weighted by atomic mass is 10.1. The van der Waals surface area contributed by atoms with Crippen molar-refractivity contribution in [2.75, 3.05) is 14.2 Å². The molecule has 0 atom stereocenters. The van der Waals surface area contributed by atoms with Crippen LogP contribution in [0.3, 0.4) is 0 Å². The first kappa shape index (κ1) is 18.7. The number of aryl methyl sites for hydroxylation is 2. The second-order valence-corrected chi connectivity index (χ2v) is 6.71. The zero-order valence-electron chi connectivity index (χ0n) is 16.9. The molecule has 0 aliphatic heterocycles. The van der Waals surface area contributed by atoms with Gasteiger partial charge in [0, 0.05) is 16.8 Å². The van der Waals surface area contributed by atoms with Crippen molar-refractivity contribution in [3.05, 3.63) is 72.1 Å². The highest BCUT2D eigenvalue weighted by molar-refractivity contribution is 5.70. The maximum absolute atomic E-state index is 5.46. The van der Waals surface area contributed by atoms with Crippen LogP contribution < -0.4 is 9.47 Å². The van der Waals surface area contributed by atoms with E-state index in [4.69, 9.17) is 19.4 Å². The Morgan fingerprint density at radius 3 is 2.03 bits per heavy atom. The van der Waals surface area contributed by atoms with Crippen molar-refractivity contribution in [2.45, 2.75) is 13.8 Å². The van der Waals surface area contributed by atoms with Crippen LogP contribution in [0.1, 0.15) is 11.4 Å². The van der Waals surface area contributed by atoms with Crippen LogP contribution >= 0.6 is 0 Å². The van der Waals surface area contributed by atoms with Crippen molar-refractivity contribution in [3.63, 3.8) is 0 Å². The Balaban J connectivity index is 1.92. The highest BCUT2D eigenvalue weighted by Crippen LogP contribution is 2.33. The number of hydrogen-bond acceptors (Lipinski definition) is 5. The van der Waals surface area contributed by atoms with E-state index >= 15 is 0 Å². The predicted molar refractivity (Wildman–Crippen MR) is 113 cm³/mol. The molecule has 0 amide bonds. The molecule has 0 saturated heterocycles. The van der Waals surface area contributed by atoms with Crippen molar-refractivity contribution < 1.29 is 9.47 Å². The highest BCUT2D eigenvalue weighted by atomic mass is 16.5. The monoisotopic (exact) mass is 386 g/mol. The maximum Gasteiger partial charge on any atom is 0.251 e. The number of rotatable bonds is 5. The van der Waals surface area contributed by atoms with E-state index in [1.165, 1.54) is 0 Å². The third kappa shape index (κ3) is 3.69. The second-order valence-electron chi connectivity index (χ2n) is 6.71. The molecular formula is C23H22N4O2. The molecule has 0 radical (unpaired) electrons. The molecule has 0 aliphatic carbocycles. The molecule has 4 aromatic rings. The molecule has 0 fully saturated rings. The molecule has 2 aromatic heterocycles. The summed E-state index contributed by atoms with van der Waals surface area (Å²) in [6, 6.07) is 19.8. The normalized spacial score (nSPS) is 10.8. The van der Waals surface area contributed by atoms with Crippen molar-refractivity contribution in [1.29, 1.82) is 0 Å². The van der Waals surface area contributed by atoms with Gasteiger partial charge in [-0.2, -0.15) is 5.10 Å². The van der Waals surface area contributed by atoms with E-state index in [1.807, 2.05) is 74.5 Å². The van der Waals surface area contributed by atoms with E-state index in [1.54, 1.807) is 18.9 Å². The molecule has 0 spiro atoms. The Kier molecular flexibility index (Phi) is 4.99. The van der Waals surface area contributed by atoms with Gasteiger partial charge in [0.25, 0.3) is 5.95 Å².